The molecule has 2 bridgehead atoms. The molecule has 4 rings (SSSR count). The molecule has 0 radical (unpaired) electrons. The van der Waals surface area contributed by atoms with Gasteiger partial charge in [-0.25, -0.2) is 0 Å². The first-order valence-corrected chi connectivity index (χ1v) is 8.72. The molecule has 6 nitrogen and oxygen atoms in total. The molecule has 128 valence electrons. The van der Waals surface area contributed by atoms with Gasteiger partial charge in [0.2, 0.25) is 0 Å². The van der Waals surface area contributed by atoms with Crippen molar-refractivity contribution < 1.29 is 4.79 Å². The molecule has 1 amide bonds. The van der Waals surface area contributed by atoms with Crippen LogP contribution in [-0.2, 0) is 6.54 Å². The number of carbonyl (C=O) groups is 1. The second kappa shape index (κ2) is 6.40. The number of hydrogen-bond acceptors (Lipinski definition) is 4. The number of nitrogens with zero attached hydrogens (tertiary/aromatic N) is 3. The van der Waals surface area contributed by atoms with E-state index < -0.39 is 0 Å². The molecule has 2 aromatic rings. The third-order valence-electron chi connectivity index (χ3n) is 4.91. The number of likely N-dealkylation sites (tertiary alicyclic amines) is 1. The lowest BCUT2D eigenvalue weighted by Gasteiger charge is -2.43. The van der Waals surface area contributed by atoms with Crippen LogP contribution >= 0.6 is 12.2 Å². The summed E-state index contributed by atoms with van der Waals surface area (Å²) >= 11 is 5.46. The van der Waals surface area contributed by atoms with Crippen molar-refractivity contribution in [2.24, 2.45) is 5.92 Å². The number of pyridine rings is 2. The summed E-state index contributed by atoms with van der Waals surface area (Å²) in [6.45, 7) is 2.18. The lowest BCUT2D eigenvalue weighted by Crippen LogP contribution is -2.52. The molecule has 2 atom stereocenters. The van der Waals surface area contributed by atoms with Crippen LogP contribution in [0, 0.1) is 5.92 Å². The Morgan fingerprint density at radius 3 is 2.88 bits per heavy atom. The zero-order valence-electron chi connectivity index (χ0n) is 13.6. The first kappa shape index (κ1) is 16.0. The van der Waals surface area contributed by atoms with Crippen molar-refractivity contribution in [1.82, 2.24) is 19.8 Å². The van der Waals surface area contributed by atoms with Gasteiger partial charge >= 0.3 is 0 Å². The Bertz CT molecular complexity index is 880. The molecule has 4 heterocycles. The largest absolute Gasteiger partial charge is 0.348 e. The van der Waals surface area contributed by atoms with Gasteiger partial charge < -0.3 is 9.47 Å². The number of fused-ring (bicyclic) bond motifs is 4. The molecule has 1 N–H and O–H groups in total. The molecule has 25 heavy (non-hydrogen) atoms. The smallest absolute Gasteiger partial charge is 0.258 e. The highest BCUT2D eigenvalue weighted by molar-refractivity contribution is 7.80. The van der Waals surface area contributed by atoms with Crippen molar-refractivity contribution in [3.8, 4) is 0 Å². The molecule has 0 spiro atoms. The first-order chi connectivity index (χ1) is 12.1. The second-order valence-electron chi connectivity index (χ2n) is 6.60. The summed E-state index contributed by atoms with van der Waals surface area (Å²) < 4.78 is 1.88. The molecule has 0 aromatic carbocycles. The van der Waals surface area contributed by atoms with Gasteiger partial charge in [0.15, 0.2) is 5.11 Å². The van der Waals surface area contributed by atoms with Crippen LogP contribution in [0.2, 0.25) is 0 Å². The zero-order chi connectivity index (χ0) is 17.4. The fraction of sp³-hybridized carbons (Fsp3) is 0.333. The van der Waals surface area contributed by atoms with Crippen molar-refractivity contribution >= 4 is 23.2 Å². The van der Waals surface area contributed by atoms with E-state index in [1.165, 1.54) is 6.20 Å². The van der Waals surface area contributed by atoms with Crippen molar-refractivity contribution in [1.29, 1.82) is 0 Å². The monoisotopic (exact) mass is 354 g/mol. The number of carbonyl (C=O) groups excluding carboxylic acids is 1. The quantitative estimate of drug-likeness (QED) is 0.784. The maximum Gasteiger partial charge on any atom is 0.258 e. The molecule has 2 aromatic heterocycles. The molecular formula is C18H18N4O2S. The van der Waals surface area contributed by atoms with Crippen LogP contribution in [0.25, 0.3) is 0 Å². The SMILES string of the molecule is O=C(NC(=S)N1CC2CC(C1)c1cccc(=O)n1C2)c1cccnc1. The van der Waals surface area contributed by atoms with Crippen LogP contribution in [0.1, 0.15) is 28.4 Å². The van der Waals surface area contributed by atoms with E-state index in [2.05, 4.69) is 10.3 Å². The summed E-state index contributed by atoms with van der Waals surface area (Å²) in [7, 11) is 0. The summed E-state index contributed by atoms with van der Waals surface area (Å²) in [5, 5.41) is 3.24. The number of aromatic nitrogens is 2. The Hall–Kier alpha value is -2.54. The second-order valence-corrected chi connectivity index (χ2v) is 6.99. The molecule has 2 unspecified atom stereocenters. The minimum atomic E-state index is -0.245. The molecule has 0 saturated carbocycles. The van der Waals surface area contributed by atoms with E-state index in [4.69, 9.17) is 12.2 Å². The number of rotatable bonds is 1. The Kier molecular flexibility index (Phi) is 4.09. The maximum atomic E-state index is 12.3. The van der Waals surface area contributed by atoms with Crippen LogP contribution in [0.4, 0.5) is 0 Å². The molecule has 1 fully saturated rings. The van der Waals surface area contributed by atoms with Gasteiger partial charge in [-0.3, -0.25) is 19.9 Å². The van der Waals surface area contributed by atoms with E-state index >= 15 is 0 Å². The lowest BCUT2D eigenvalue weighted by molar-refractivity contribution is 0.0967. The third kappa shape index (κ3) is 3.07. The highest BCUT2D eigenvalue weighted by atomic mass is 32.1. The third-order valence-corrected chi connectivity index (χ3v) is 5.27. The van der Waals surface area contributed by atoms with E-state index in [9.17, 15) is 9.59 Å². The van der Waals surface area contributed by atoms with Crippen LogP contribution in [0.15, 0.2) is 47.5 Å². The van der Waals surface area contributed by atoms with Gasteiger partial charge in [0.25, 0.3) is 11.5 Å². The van der Waals surface area contributed by atoms with Crippen molar-refractivity contribution in [2.45, 2.75) is 18.9 Å². The number of hydrogen-bond donors (Lipinski definition) is 1. The Labute approximate surface area is 150 Å². The van der Waals surface area contributed by atoms with E-state index in [1.807, 2.05) is 21.6 Å². The number of piperidine rings is 1. The van der Waals surface area contributed by atoms with Gasteiger partial charge in [-0.1, -0.05) is 6.07 Å². The predicted octanol–water partition coefficient (Wildman–Crippen LogP) is 1.38. The fourth-order valence-corrected chi connectivity index (χ4v) is 4.05. The van der Waals surface area contributed by atoms with E-state index in [1.54, 1.807) is 24.4 Å². The van der Waals surface area contributed by atoms with Crippen molar-refractivity contribution in [2.75, 3.05) is 13.1 Å². The molecule has 7 heteroatoms. The van der Waals surface area contributed by atoms with Gasteiger partial charge in [-0.2, -0.15) is 0 Å². The zero-order valence-corrected chi connectivity index (χ0v) is 14.4. The number of amides is 1. The Balaban J connectivity index is 1.49. The van der Waals surface area contributed by atoms with E-state index in [0.717, 1.165) is 18.7 Å². The van der Waals surface area contributed by atoms with Crippen LogP contribution in [0.3, 0.4) is 0 Å². The number of nitrogens with one attached hydrogen (secondary N) is 1. The molecule has 1 saturated heterocycles. The van der Waals surface area contributed by atoms with Crippen LogP contribution < -0.4 is 10.9 Å². The van der Waals surface area contributed by atoms with Crippen LogP contribution in [0.5, 0.6) is 0 Å². The summed E-state index contributed by atoms with van der Waals surface area (Å²) in [6, 6.07) is 8.87. The first-order valence-electron chi connectivity index (χ1n) is 8.32. The van der Waals surface area contributed by atoms with Crippen LogP contribution in [-0.4, -0.2) is 38.6 Å². The standard InChI is InChI=1S/C18H18N4O2S/c23-16-5-1-4-15-14-7-12(10-22(15)16)9-21(11-14)18(25)20-17(24)13-3-2-6-19-8-13/h1-6,8,12,14H,7,9-11H2,(H,20,24,25). The highest BCUT2D eigenvalue weighted by Gasteiger charge is 2.35. The summed E-state index contributed by atoms with van der Waals surface area (Å²) in [6.07, 6.45) is 4.20. The van der Waals surface area contributed by atoms with Gasteiger partial charge in [0.1, 0.15) is 0 Å². The fourth-order valence-electron chi connectivity index (χ4n) is 3.81. The van der Waals surface area contributed by atoms with Gasteiger partial charge in [-0.05, 0) is 42.8 Å². The minimum absolute atomic E-state index is 0.0631. The van der Waals surface area contributed by atoms with Crippen molar-refractivity contribution in [3.63, 3.8) is 0 Å². The summed E-state index contributed by atoms with van der Waals surface area (Å²) in [5.41, 5.74) is 1.61. The van der Waals surface area contributed by atoms with E-state index in [0.29, 0.717) is 29.7 Å². The Morgan fingerprint density at radius 2 is 2.08 bits per heavy atom. The molecule has 2 aliphatic rings. The van der Waals surface area contributed by atoms with Gasteiger partial charge in [-0.15, -0.1) is 0 Å². The normalized spacial score (nSPS) is 21.4. The summed E-state index contributed by atoms with van der Waals surface area (Å²) in [5.74, 6) is 0.375. The molecule has 0 aliphatic carbocycles. The van der Waals surface area contributed by atoms with Gasteiger partial charge in [0.05, 0.1) is 5.56 Å². The molecular weight excluding hydrogens is 336 g/mol. The van der Waals surface area contributed by atoms with Gasteiger partial charge in [0, 0.05) is 49.7 Å². The average molecular weight is 354 g/mol. The lowest BCUT2D eigenvalue weighted by atomic mass is 9.83. The van der Waals surface area contributed by atoms with Crippen molar-refractivity contribution in [3.05, 3.63) is 64.3 Å². The average Bonchev–Trinajstić information content (AvgIpc) is 2.63. The molecule has 2 aliphatic heterocycles. The van der Waals surface area contributed by atoms with E-state index in [-0.39, 0.29) is 17.4 Å². The Morgan fingerprint density at radius 1 is 1.20 bits per heavy atom. The predicted molar refractivity (Wildman–Crippen MR) is 97.4 cm³/mol. The maximum absolute atomic E-state index is 12.3. The topological polar surface area (TPSA) is 67.2 Å². The number of thiocarbonyl (C=S) groups is 1. The highest BCUT2D eigenvalue weighted by Crippen LogP contribution is 2.34. The minimum Gasteiger partial charge on any atom is -0.348 e. The summed E-state index contributed by atoms with van der Waals surface area (Å²) in [4.78, 5) is 30.4.